The van der Waals surface area contributed by atoms with Crippen LogP contribution >= 0.6 is 0 Å². The van der Waals surface area contributed by atoms with E-state index in [9.17, 15) is 14.7 Å². The Kier molecular flexibility index (Phi) is 20.0. The summed E-state index contributed by atoms with van der Waals surface area (Å²) >= 11 is 0. The summed E-state index contributed by atoms with van der Waals surface area (Å²) in [6, 6.07) is 4.75. The van der Waals surface area contributed by atoms with E-state index in [0.29, 0.717) is 11.9 Å². The van der Waals surface area contributed by atoms with Crippen LogP contribution in [-0.2, 0) is 23.1 Å². The van der Waals surface area contributed by atoms with Crippen LogP contribution < -0.4 is 10.6 Å². The number of aliphatic hydroxyl groups is 1. The van der Waals surface area contributed by atoms with Gasteiger partial charge in [-0.05, 0) is 59.3 Å². The molecule has 0 bridgehead atoms. The fraction of sp³-hybridized carbons (Fsp3) is 0.500. The highest BCUT2D eigenvalue weighted by Gasteiger charge is 2.19. The summed E-state index contributed by atoms with van der Waals surface area (Å²) < 4.78 is 1.88. The van der Waals surface area contributed by atoms with E-state index >= 15 is 0 Å². The third-order valence-electron chi connectivity index (χ3n) is 4.93. The summed E-state index contributed by atoms with van der Waals surface area (Å²) in [5.74, 6) is -0.0184. The Morgan fingerprint density at radius 3 is 2.29 bits per heavy atom. The molecule has 198 valence electrons. The number of phenols is 1. The fourth-order valence-corrected chi connectivity index (χ4v) is 3.14. The van der Waals surface area contributed by atoms with Crippen molar-refractivity contribution in [3.8, 4) is 5.75 Å². The molecule has 0 spiro atoms. The molecular weight excluding hydrogens is 442 g/mol. The molecule has 1 amide bonds. The highest BCUT2D eigenvalue weighted by molar-refractivity contribution is 5.94. The number of nitrogens with zero attached hydrogens (tertiary/aromatic N) is 1. The quantitative estimate of drug-likeness (QED) is 0.321. The number of phenolic OH excluding ortho intramolecular Hbond substituents is 1. The lowest BCUT2D eigenvalue weighted by molar-refractivity contribution is -0.123. The SMILES string of the molecule is C/C=C\C=C(/C)CC(C=O)NC(=O)Cc1c(C)n(C)c2c(O)cccc12.CC.CCNC.CCO. The van der Waals surface area contributed by atoms with E-state index in [1.807, 2.05) is 77.6 Å². The van der Waals surface area contributed by atoms with Crippen LogP contribution in [0.3, 0.4) is 0 Å². The second-order valence-electron chi connectivity index (χ2n) is 7.55. The minimum atomic E-state index is -0.548. The molecule has 4 N–H and O–H groups in total. The number of fused-ring (bicyclic) bond motifs is 1. The zero-order chi connectivity index (χ0) is 27.4. The van der Waals surface area contributed by atoms with Crippen LogP contribution in [-0.4, -0.2) is 53.2 Å². The standard InChI is InChI=1S/C21H26N2O3.C3H9N.C2H6O.C2H6/c1-5-6-8-14(2)11-16(13-24)22-20(26)12-18-15(3)23(4)21-17(18)9-7-10-19(21)25;1-3-4-2;1-2-3;1-2/h5-10,13,16,25H,11-12H2,1-4H3,(H,22,26);4H,3H2,1-2H3;3H,2H2,1H3;1-2H3/b6-5-,14-8+;;;. The molecule has 1 heterocycles. The molecule has 2 rings (SSSR count). The zero-order valence-corrected chi connectivity index (χ0v) is 23.1. The van der Waals surface area contributed by atoms with Crippen LogP contribution in [0.1, 0.15) is 59.2 Å². The Hall–Kier alpha value is -2.90. The smallest absolute Gasteiger partial charge is 0.225 e. The highest BCUT2D eigenvalue weighted by Crippen LogP contribution is 2.31. The number of aromatic nitrogens is 1. The molecule has 1 aromatic heterocycles. The number of benzene rings is 1. The van der Waals surface area contributed by atoms with Crippen LogP contribution in [0.25, 0.3) is 10.9 Å². The Morgan fingerprint density at radius 1 is 1.23 bits per heavy atom. The molecule has 0 radical (unpaired) electrons. The van der Waals surface area contributed by atoms with Crippen LogP contribution in [0, 0.1) is 6.92 Å². The van der Waals surface area contributed by atoms with Gasteiger partial charge in [0, 0.05) is 24.7 Å². The molecule has 35 heavy (non-hydrogen) atoms. The van der Waals surface area contributed by atoms with Crippen molar-refractivity contribution in [1.29, 1.82) is 0 Å². The van der Waals surface area contributed by atoms with Crippen molar-refractivity contribution >= 4 is 23.1 Å². The predicted molar refractivity (Wildman–Crippen MR) is 148 cm³/mol. The molecule has 0 saturated heterocycles. The molecule has 0 fully saturated rings. The minimum absolute atomic E-state index is 0.161. The van der Waals surface area contributed by atoms with Crippen molar-refractivity contribution in [2.24, 2.45) is 7.05 Å². The lowest BCUT2D eigenvalue weighted by Crippen LogP contribution is -2.37. The van der Waals surface area contributed by atoms with E-state index < -0.39 is 6.04 Å². The van der Waals surface area contributed by atoms with E-state index in [2.05, 4.69) is 17.6 Å². The van der Waals surface area contributed by atoms with E-state index in [-0.39, 0.29) is 24.7 Å². The Balaban J connectivity index is 0. The molecular formula is C28H47N3O4. The monoisotopic (exact) mass is 489 g/mol. The number of carbonyl (C=O) groups excluding carboxylic acids is 2. The number of aldehydes is 1. The summed E-state index contributed by atoms with van der Waals surface area (Å²) in [7, 11) is 3.79. The van der Waals surface area contributed by atoms with Crippen molar-refractivity contribution in [2.75, 3.05) is 20.2 Å². The van der Waals surface area contributed by atoms with Gasteiger partial charge < -0.3 is 30.2 Å². The van der Waals surface area contributed by atoms with Crippen LogP contribution in [0.15, 0.2) is 42.0 Å². The van der Waals surface area contributed by atoms with E-state index in [1.165, 1.54) is 0 Å². The average Bonchev–Trinajstić information content (AvgIpc) is 3.09. The molecule has 0 aliphatic rings. The molecule has 1 unspecified atom stereocenters. The Morgan fingerprint density at radius 2 is 1.80 bits per heavy atom. The van der Waals surface area contributed by atoms with Gasteiger partial charge in [-0.15, -0.1) is 0 Å². The molecule has 7 nitrogen and oxygen atoms in total. The minimum Gasteiger partial charge on any atom is -0.506 e. The maximum absolute atomic E-state index is 12.5. The topological polar surface area (TPSA) is 104 Å². The van der Waals surface area contributed by atoms with Crippen molar-refractivity contribution in [3.63, 3.8) is 0 Å². The number of allylic oxidation sites excluding steroid dienone is 3. The number of amides is 1. The normalized spacial score (nSPS) is 11.4. The second kappa shape index (κ2) is 20.5. The van der Waals surface area contributed by atoms with Gasteiger partial charge in [-0.3, -0.25) is 4.79 Å². The van der Waals surface area contributed by atoms with Crippen LogP contribution in [0.5, 0.6) is 5.75 Å². The highest BCUT2D eigenvalue weighted by atomic mass is 16.3. The number of para-hydroxylation sites is 1. The van der Waals surface area contributed by atoms with Gasteiger partial charge in [-0.2, -0.15) is 0 Å². The average molecular weight is 490 g/mol. The fourth-order valence-electron chi connectivity index (χ4n) is 3.14. The van der Waals surface area contributed by atoms with Crippen molar-refractivity contribution in [1.82, 2.24) is 15.2 Å². The van der Waals surface area contributed by atoms with E-state index in [4.69, 9.17) is 5.11 Å². The van der Waals surface area contributed by atoms with Gasteiger partial charge in [0.15, 0.2) is 0 Å². The van der Waals surface area contributed by atoms with Gasteiger partial charge in [-0.1, -0.05) is 56.7 Å². The number of hydrogen-bond donors (Lipinski definition) is 4. The van der Waals surface area contributed by atoms with Crippen molar-refractivity contribution < 1.29 is 19.8 Å². The summed E-state index contributed by atoms with van der Waals surface area (Å²) in [5.41, 5.74) is 3.52. The van der Waals surface area contributed by atoms with Gasteiger partial charge in [0.05, 0.1) is 18.0 Å². The number of nitrogens with one attached hydrogen (secondary N) is 2. The summed E-state index contributed by atoms with van der Waals surface area (Å²) in [6.45, 7) is 14.8. The van der Waals surface area contributed by atoms with Gasteiger partial charge in [0.1, 0.15) is 12.0 Å². The van der Waals surface area contributed by atoms with Gasteiger partial charge in [0.25, 0.3) is 0 Å². The first kappa shape index (κ1) is 34.3. The molecule has 0 aliphatic heterocycles. The Bertz CT molecular complexity index is 928. The van der Waals surface area contributed by atoms with Crippen LogP contribution in [0.2, 0.25) is 0 Å². The number of carbonyl (C=O) groups is 2. The van der Waals surface area contributed by atoms with E-state index in [0.717, 1.165) is 35.0 Å². The number of hydrogen-bond acceptors (Lipinski definition) is 5. The predicted octanol–water partition coefficient (Wildman–Crippen LogP) is 4.58. The first-order valence-corrected chi connectivity index (χ1v) is 12.3. The molecule has 1 aromatic carbocycles. The van der Waals surface area contributed by atoms with E-state index in [1.54, 1.807) is 19.1 Å². The maximum Gasteiger partial charge on any atom is 0.225 e. The number of aryl methyl sites for hydroxylation is 1. The summed E-state index contributed by atoms with van der Waals surface area (Å²) in [6.07, 6.45) is 7.16. The van der Waals surface area contributed by atoms with Gasteiger partial charge in [-0.25, -0.2) is 0 Å². The lowest BCUT2D eigenvalue weighted by atomic mass is 10.1. The molecule has 7 heteroatoms. The third kappa shape index (κ3) is 12.4. The maximum atomic E-state index is 12.5. The molecule has 0 aliphatic carbocycles. The second-order valence-corrected chi connectivity index (χ2v) is 7.55. The van der Waals surface area contributed by atoms with Gasteiger partial charge >= 0.3 is 0 Å². The molecule has 1 atom stereocenters. The largest absolute Gasteiger partial charge is 0.506 e. The summed E-state index contributed by atoms with van der Waals surface area (Å²) in [4.78, 5) is 23.8. The first-order chi connectivity index (χ1) is 16.7. The molecule has 2 aromatic rings. The first-order valence-electron chi connectivity index (χ1n) is 12.3. The molecule has 0 saturated carbocycles. The third-order valence-corrected chi connectivity index (χ3v) is 4.93. The van der Waals surface area contributed by atoms with Crippen molar-refractivity contribution in [3.05, 3.63) is 53.3 Å². The van der Waals surface area contributed by atoms with Crippen molar-refractivity contribution in [2.45, 2.75) is 67.3 Å². The summed E-state index contributed by atoms with van der Waals surface area (Å²) in [5, 5.41) is 24.2. The number of aromatic hydroxyl groups is 1. The van der Waals surface area contributed by atoms with Gasteiger partial charge in [0.2, 0.25) is 5.91 Å². The Labute approximate surface area is 211 Å². The zero-order valence-electron chi connectivity index (χ0n) is 23.1. The number of aliphatic hydroxyl groups excluding tert-OH is 1. The van der Waals surface area contributed by atoms with Crippen LogP contribution in [0.4, 0.5) is 0 Å². The number of rotatable bonds is 8. The lowest BCUT2D eigenvalue weighted by Gasteiger charge is -2.13.